The maximum absolute atomic E-state index is 11.5. The van der Waals surface area contributed by atoms with E-state index in [0.717, 1.165) is 58.1 Å². The lowest BCUT2D eigenvalue weighted by atomic mass is 9.98. The van der Waals surface area contributed by atoms with Gasteiger partial charge in [-0.3, -0.25) is 4.99 Å². The molecule has 1 heterocycles. The molecular formula is C17H36N4O3S. The number of aliphatic imine (C=N–C) groups is 1. The van der Waals surface area contributed by atoms with Crippen LogP contribution in [0, 0.1) is 11.8 Å². The summed E-state index contributed by atoms with van der Waals surface area (Å²) >= 11 is 0. The Morgan fingerprint density at radius 1 is 1.28 bits per heavy atom. The fourth-order valence-corrected chi connectivity index (χ4v) is 3.56. The van der Waals surface area contributed by atoms with Crippen LogP contribution in [0.4, 0.5) is 0 Å². The molecule has 0 spiro atoms. The molecule has 0 unspecified atom stereocenters. The maximum atomic E-state index is 11.5. The zero-order chi connectivity index (χ0) is 18.7. The fraction of sp³-hybridized carbons (Fsp3) is 0.941. The lowest BCUT2D eigenvalue weighted by Crippen LogP contribution is -2.40. The maximum Gasteiger partial charge on any atom is 0.211 e. The van der Waals surface area contributed by atoms with E-state index in [1.54, 1.807) is 4.31 Å². The summed E-state index contributed by atoms with van der Waals surface area (Å²) in [5.74, 6) is 1.85. The standard InChI is InChI=1S/C17H36N4O3S/c1-5-18-17(19-9-6-12-24-14-15(2)3)20-13-16-7-10-21(11-8-16)25(4,22)23/h15-16H,5-14H2,1-4H3,(H2,18,19,20). The topological polar surface area (TPSA) is 83.0 Å². The third-order valence-corrected chi connectivity index (χ3v) is 5.41. The van der Waals surface area contributed by atoms with E-state index in [0.29, 0.717) is 24.9 Å². The molecule has 8 heteroatoms. The lowest BCUT2D eigenvalue weighted by molar-refractivity contribution is 0.108. The predicted octanol–water partition coefficient (Wildman–Crippen LogP) is 1.28. The van der Waals surface area contributed by atoms with Crippen LogP contribution in [0.15, 0.2) is 4.99 Å². The number of ether oxygens (including phenoxy) is 1. The molecule has 0 aromatic heterocycles. The number of rotatable bonds is 10. The van der Waals surface area contributed by atoms with E-state index in [2.05, 4.69) is 29.5 Å². The highest BCUT2D eigenvalue weighted by molar-refractivity contribution is 7.88. The predicted molar refractivity (Wildman–Crippen MR) is 103 cm³/mol. The van der Waals surface area contributed by atoms with Crippen LogP contribution in [-0.2, 0) is 14.8 Å². The van der Waals surface area contributed by atoms with Crippen molar-refractivity contribution in [1.82, 2.24) is 14.9 Å². The van der Waals surface area contributed by atoms with Crippen LogP contribution in [0.2, 0.25) is 0 Å². The molecule has 1 fully saturated rings. The quantitative estimate of drug-likeness (QED) is 0.341. The van der Waals surface area contributed by atoms with Gasteiger partial charge in [0.25, 0.3) is 0 Å². The minimum Gasteiger partial charge on any atom is -0.381 e. The van der Waals surface area contributed by atoms with Crippen molar-refractivity contribution < 1.29 is 13.2 Å². The average Bonchev–Trinajstić information content (AvgIpc) is 2.55. The molecule has 25 heavy (non-hydrogen) atoms. The van der Waals surface area contributed by atoms with Gasteiger partial charge >= 0.3 is 0 Å². The molecule has 0 aliphatic carbocycles. The third-order valence-electron chi connectivity index (χ3n) is 4.10. The largest absolute Gasteiger partial charge is 0.381 e. The van der Waals surface area contributed by atoms with Gasteiger partial charge in [-0.1, -0.05) is 13.8 Å². The van der Waals surface area contributed by atoms with E-state index in [1.165, 1.54) is 6.26 Å². The van der Waals surface area contributed by atoms with Crippen molar-refractivity contribution >= 4 is 16.0 Å². The number of sulfonamides is 1. The van der Waals surface area contributed by atoms with Gasteiger partial charge in [0, 0.05) is 45.9 Å². The van der Waals surface area contributed by atoms with Gasteiger partial charge in [-0.05, 0) is 38.0 Å². The number of guanidine groups is 1. The van der Waals surface area contributed by atoms with Gasteiger partial charge in [0.15, 0.2) is 5.96 Å². The average molecular weight is 377 g/mol. The summed E-state index contributed by atoms with van der Waals surface area (Å²) in [5.41, 5.74) is 0. The van der Waals surface area contributed by atoms with E-state index in [4.69, 9.17) is 4.74 Å². The van der Waals surface area contributed by atoms with Crippen LogP contribution < -0.4 is 10.6 Å². The van der Waals surface area contributed by atoms with Crippen molar-refractivity contribution in [2.24, 2.45) is 16.8 Å². The molecule has 1 aliphatic heterocycles. The summed E-state index contributed by atoms with van der Waals surface area (Å²) in [6.45, 7) is 11.5. The van der Waals surface area contributed by atoms with Crippen LogP contribution in [0.1, 0.15) is 40.0 Å². The number of hydrogen-bond donors (Lipinski definition) is 2. The Bertz CT molecular complexity index is 486. The van der Waals surface area contributed by atoms with E-state index in [9.17, 15) is 8.42 Å². The second-order valence-electron chi connectivity index (χ2n) is 7.07. The van der Waals surface area contributed by atoms with E-state index in [-0.39, 0.29) is 0 Å². The molecule has 0 radical (unpaired) electrons. The minimum atomic E-state index is -3.05. The van der Waals surface area contributed by atoms with Crippen molar-refractivity contribution in [3.8, 4) is 0 Å². The highest BCUT2D eigenvalue weighted by Crippen LogP contribution is 2.19. The molecule has 0 aromatic rings. The Balaban J connectivity index is 2.28. The second-order valence-corrected chi connectivity index (χ2v) is 9.06. The first-order chi connectivity index (χ1) is 11.8. The highest BCUT2D eigenvalue weighted by atomic mass is 32.2. The third kappa shape index (κ3) is 10.0. The van der Waals surface area contributed by atoms with Crippen LogP contribution in [0.25, 0.3) is 0 Å². The molecule has 0 saturated carbocycles. The molecule has 0 amide bonds. The summed E-state index contributed by atoms with van der Waals surface area (Å²) in [5, 5.41) is 6.59. The number of piperidine rings is 1. The summed E-state index contributed by atoms with van der Waals surface area (Å²) in [6.07, 6.45) is 3.98. The monoisotopic (exact) mass is 376 g/mol. The van der Waals surface area contributed by atoms with Crippen LogP contribution in [0.5, 0.6) is 0 Å². The Labute approximate surface area is 153 Å². The van der Waals surface area contributed by atoms with Gasteiger partial charge in [0.2, 0.25) is 10.0 Å². The fourth-order valence-electron chi connectivity index (χ4n) is 2.69. The summed E-state index contributed by atoms with van der Waals surface area (Å²) in [4.78, 5) is 4.66. The molecule has 1 rings (SSSR count). The highest BCUT2D eigenvalue weighted by Gasteiger charge is 2.24. The van der Waals surface area contributed by atoms with E-state index in [1.807, 2.05) is 6.92 Å². The first-order valence-corrected chi connectivity index (χ1v) is 11.2. The van der Waals surface area contributed by atoms with Crippen molar-refractivity contribution in [3.05, 3.63) is 0 Å². The Kier molecular flexibility index (Phi) is 10.4. The first-order valence-electron chi connectivity index (χ1n) is 9.38. The van der Waals surface area contributed by atoms with Gasteiger partial charge < -0.3 is 15.4 Å². The normalized spacial score (nSPS) is 17.9. The molecule has 0 bridgehead atoms. The minimum absolute atomic E-state index is 0.447. The van der Waals surface area contributed by atoms with E-state index >= 15 is 0 Å². The molecule has 2 N–H and O–H groups in total. The molecule has 1 aliphatic rings. The van der Waals surface area contributed by atoms with Gasteiger partial charge in [0.1, 0.15) is 0 Å². The summed E-state index contributed by atoms with van der Waals surface area (Å²) < 4.78 is 30.2. The SMILES string of the molecule is CCNC(=NCC1CCN(S(C)(=O)=O)CC1)NCCCOCC(C)C. The second kappa shape index (κ2) is 11.7. The molecule has 148 valence electrons. The molecule has 7 nitrogen and oxygen atoms in total. The number of hydrogen-bond acceptors (Lipinski definition) is 4. The van der Waals surface area contributed by atoms with Gasteiger partial charge in [-0.15, -0.1) is 0 Å². The molecule has 1 saturated heterocycles. The zero-order valence-electron chi connectivity index (χ0n) is 16.3. The molecular weight excluding hydrogens is 340 g/mol. The van der Waals surface area contributed by atoms with Gasteiger partial charge in [-0.2, -0.15) is 0 Å². The summed E-state index contributed by atoms with van der Waals surface area (Å²) in [6, 6.07) is 0. The van der Waals surface area contributed by atoms with Crippen molar-refractivity contribution in [2.45, 2.75) is 40.0 Å². The number of nitrogens with zero attached hydrogens (tertiary/aromatic N) is 2. The van der Waals surface area contributed by atoms with Gasteiger partial charge in [-0.25, -0.2) is 12.7 Å². The Morgan fingerprint density at radius 3 is 2.52 bits per heavy atom. The zero-order valence-corrected chi connectivity index (χ0v) is 17.1. The van der Waals surface area contributed by atoms with Crippen molar-refractivity contribution in [3.63, 3.8) is 0 Å². The lowest BCUT2D eigenvalue weighted by Gasteiger charge is -2.29. The van der Waals surface area contributed by atoms with Crippen molar-refractivity contribution in [1.29, 1.82) is 0 Å². The first kappa shape index (κ1) is 22.2. The van der Waals surface area contributed by atoms with Crippen LogP contribution in [-0.4, -0.2) is 70.9 Å². The molecule has 0 aromatic carbocycles. The van der Waals surface area contributed by atoms with Crippen molar-refractivity contribution in [2.75, 3.05) is 52.2 Å². The summed E-state index contributed by atoms with van der Waals surface area (Å²) in [7, 11) is -3.05. The Hall–Kier alpha value is -0.860. The van der Waals surface area contributed by atoms with Gasteiger partial charge in [0.05, 0.1) is 6.26 Å². The smallest absolute Gasteiger partial charge is 0.211 e. The Morgan fingerprint density at radius 2 is 1.96 bits per heavy atom. The van der Waals surface area contributed by atoms with E-state index < -0.39 is 10.0 Å². The van der Waals surface area contributed by atoms with Crippen LogP contribution in [0.3, 0.4) is 0 Å². The molecule has 0 atom stereocenters. The number of nitrogens with one attached hydrogen (secondary N) is 2. The van der Waals surface area contributed by atoms with Crippen LogP contribution >= 0.6 is 0 Å².